The first-order valence-corrected chi connectivity index (χ1v) is 4.53. The molecule has 0 radical (unpaired) electrons. The molecule has 1 aromatic heterocycles. The van der Waals surface area contributed by atoms with E-state index in [1.807, 2.05) is 16.8 Å². The van der Waals surface area contributed by atoms with Crippen molar-refractivity contribution < 1.29 is 9.53 Å². The second kappa shape index (κ2) is 4.23. The van der Waals surface area contributed by atoms with Crippen molar-refractivity contribution in [3.05, 3.63) is 22.4 Å². The first-order valence-electron chi connectivity index (χ1n) is 3.58. The van der Waals surface area contributed by atoms with Crippen molar-refractivity contribution in [3.8, 4) is 0 Å². The van der Waals surface area contributed by atoms with Crippen LogP contribution in [-0.4, -0.2) is 13.1 Å². The van der Waals surface area contributed by atoms with Gasteiger partial charge in [0.15, 0.2) is 0 Å². The van der Waals surface area contributed by atoms with Crippen molar-refractivity contribution in [1.82, 2.24) is 0 Å². The number of esters is 1. The molecule has 0 saturated heterocycles. The van der Waals surface area contributed by atoms with Gasteiger partial charge in [-0.2, -0.15) is 11.3 Å². The van der Waals surface area contributed by atoms with E-state index in [9.17, 15) is 4.79 Å². The first kappa shape index (κ1) is 9.22. The Labute approximate surface area is 75.1 Å². The van der Waals surface area contributed by atoms with Crippen LogP contribution in [0.4, 0.5) is 0 Å². The Morgan fingerprint density at radius 1 is 1.83 bits per heavy atom. The standard InChI is InChI=1S/C8H11NO2S/c1-11-8(10)4-7(9)6-2-3-12-5-6/h2-3,5,7H,4,9H2,1H3/t7-/m0/s1. The van der Waals surface area contributed by atoms with Crippen molar-refractivity contribution in [2.75, 3.05) is 7.11 Å². The maximum Gasteiger partial charge on any atom is 0.307 e. The van der Waals surface area contributed by atoms with Crippen molar-refractivity contribution in [3.63, 3.8) is 0 Å². The minimum atomic E-state index is -0.270. The summed E-state index contributed by atoms with van der Waals surface area (Å²) in [5.74, 6) is -0.270. The van der Waals surface area contributed by atoms with Gasteiger partial charge in [-0.15, -0.1) is 0 Å². The molecule has 0 unspecified atom stereocenters. The summed E-state index contributed by atoms with van der Waals surface area (Å²) >= 11 is 1.57. The van der Waals surface area contributed by atoms with Crippen LogP contribution in [0.15, 0.2) is 16.8 Å². The minimum absolute atomic E-state index is 0.233. The zero-order valence-electron chi connectivity index (χ0n) is 6.82. The van der Waals surface area contributed by atoms with E-state index in [2.05, 4.69) is 4.74 Å². The number of thiophene rings is 1. The fourth-order valence-electron chi connectivity index (χ4n) is 0.867. The number of carbonyl (C=O) groups is 1. The van der Waals surface area contributed by atoms with Crippen molar-refractivity contribution in [2.45, 2.75) is 12.5 Å². The molecule has 0 aliphatic carbocycles. The van der Waals surface area contributed by atoms with Crippen LogP contribution in [-0.2, 0) is 9.53 Å². The second-order valence-corrected chi connectivity index (χ2v) is 3.22. The molecule has 0 fully saturated rings. The summed E-state index contributed by atoms with van der Waals surface area (Å²) in [4.78, 5) is 10.8. The third kappa shape index (κ3) is 2.32. The molecule has 0 spiro atoms. The Kier molecular flexibility index (Phi) is 3.25. The number of hydrogen-bond donors (Lipinski definition) is 1. The van der Waals surface area contributed by atoms with Gasteiger partial charge >= 0.3 is 5.97 Å². The van der Waals surface area contributed by atoms with Crippen LogP contribution in [0.3, 0.4) is 0 Å². The molecule has 2 N–H and O–H groups in total. The molecule has 4 heteroatoms. The van der Waals surface area contributed by atoms with Crippen LogP contribution in [0.1, 0.15) is 18.0 Å². The molecular formula is C8H11NO2S. The predicted molar refractivity (Wildman–Crippen MR) is 47.9 cm³/mol. The van der Waals surface area contributed by atoms with Gasteiger partial charge in [0.05, 0.1) is 13.5 Å². The normalized spacial score (nSPS) is 12.5. The lowest BCUT2D eigenvalue weighted by atomic mass is 10.1. The van der Waals surface area contributed by atoms with Gasteiger partial charge in [-0.3, -0.25) is 4.79 Å². The third-order valence-electron chi connectivity index (χ3n) is 1.59. The lowest BCUT2D eigenvalue weighted by molar-refractivity contribution is -0.141. The number of nitrogens with two attached hydrogens (primary N) is 1. The van der Waals surface area contributed by atoms with Gasteiger partial charge in [0.2, 0.25) is 0 Å². The molecule has 1 aromatic rings. The molecule has 0 aliphatic rings. The van der Waals surface area contributed by atoms with E-state index in [4.69, 9.17) is 5.73 Å². The highest BCUT2D eigenvalue weighted by Gasteiger charge is 2.11. The number of methoxy groups -OCH3 is 1. The average molecular weight is 185 g/mol. The molecule has 1 atom stereocenters. The number of hydrogen-bond acceptors (Lipinski definition) is 4. The molecule has 0 saturated carbocycles. The van der Waals surface area contributed by atoms with Crippen molar-refractivity contribution in [2.24, 2.45) is 5.73 Å². The van der Waals surface area contributed by atoms with Gasteiger partial charge in [0, 0.05) is 6.04 Å². The molecule has 1 heterocycles. The minimum Gasteiger partial charge on any atom is -0.469 e. The van der Waals surface area contributed by atoms with Gasteiger partial charge in [0.25, 0.3) is 0 Å². The van der Waals surface area contributed by atoms with Gasteiger partial charge in [0.1, 0.15) is 0 Å². The maximum atomic E-state index is 10.8. The lowest BCUT2D eigenvalue weighted by Gasteiger charge is -2.06. The van der Waals surface area contributed by atoms with Gasteiger partial charge < -0.3 is 10.5 Å². The van der Waals surface area contributed by atoms with Crippen LogP contribution in [0.25, 0.3) is 0 Å². The topological polar surface area (TPSA) is 52.3 Å². The van der Waals surface area contributed by atoms with Gasteiger partial charge in [-0.1, -0.05) is 0 Å². The fraction of sp³-hybridized carbons (Fsp3) is 0.375. The third-order valence-corrected chi connectivity index (χ3v) is 2.29. The summed E-state index contributed by atoms with van der Waals surface area (Å²) in [6, 6.07) is 1.68. The monoisotopic (exact) mass is 185 g/mol. The van der Waals surface area contributed by atoms with Crippen LogP contribution in [0.5, 0.6) is 0 Å². The van der Waals surface area contributed by atoms with E-state index in [0.29, 0.717) is 0 Å². The van der Waals surface area contributed by atoms with Gasteiger partial charge in [-0.05, 0) is 22.4 Å². The Morgan fingerprint density at radius 2 is 2.58 bits per heavy atom. The van der Waals surface area contributed by atoms with Crippen LogP contribution < -0.4 is 5.73 Å². The van der Waals surface area contributed by atoms with E-state index in [-0.39, 0.29) is 18.4 Å². The molecule has 12 heavy (non-hydrogen) atoms. The summed E-state index contributed by atoms with van der Waals surface area (Å²) in [6.07, 6.45) is 0.243. The molecule has 0 bridgehead atoms. The Morgan fingerprint density at radius 3 is 3.08 bits per heavy atom. The summed E-state index contributed by atoms with van der Waals surface area (Å²) < 4.78 is 4.50. The quantitative estimate of drug-likeness (QED) is 0.722. The highest BCUT2D eigenvalue weighted by atomic mass is 32.1. The Bertz CT molecular complexity index is 246. The smallest absolute Gasteiger partial charge is 0.307 e. The molecule has 0 aromatic carbocycles. The Balaban J connectivity index is 2.49. The van der Waals surface area contributed by atoms with Gasteiger partial charge in [-0.25, -0.2) is 0 Å². The van der Waals surface area contributed by atoms with E-state index in [1.54, 1.807) is 11.3 Å². The maximum absolute atomic E-state index is 10.8. The van der Waals surface area contributed by atoms with E-state index >= 15 is 0 Å². The number of ether oxygens (including phenoxy) is 1. The van der Waals surface area contributed by atoms with Crippen LogP contribution >= 0.6 is 11.3 Å². The molecule has 0 aliphatic heterocycles. The van der Waals surface area contributed by atoms with Crippen molar-refractivity contribution >= 4 is 17.3 Å². The molecule has 1 rings (SSSR count). The molecule has 0 amide bonds. The number of rotatable bonds is 3. The van der Waals surface area contributed by atoms with Crippen LogP contribution in [0, 0.1) is 0 Å². The number of carbonyl (C=O) groups excluding carboxylic acids is 1. The average Bonchev–Trinajstić information content (AvgIpc) is 2.56. The molecule has 66 valence electrons. The largest absolute Gasteiger partial charge is 0.469 e. The molecule has 3 nitrogen and oxygen atoms in total. The molecular weight excluding hydrogens is 174 g/mol. The zero-order valence-corrected chi connectivity index (χ0v) is 7.64. The summed E-state index contributed by atoms with van der Waals surface area (Å²) in [5.41, 5.74) is 6.71. The van der Waals surface area contributed by atoms with Crippen LogP contribution in [0.2, 0.25) is 0 Å². The first-order chi connectivity index (χ1) is 5.74. The highest BCUT2D eigenvalue weighted by Crippen LogP contribution is 2.16. The second-order valence-electron chi connectivity index (χ2n) is 2.44. The van der Waals surface area contributed by atoms with E-state index < -0.39 is 0 Å². The lowest BCUT2D eigenvalue weighted by Crippen LogP contribution is -2.15. The van der Waals surface area contributed by atoms with E-state index in [1.165, 1.54) is 7.11 Å². The van der Waals surface area contributed by atoms with E-state index in [0.717, 1.165) is 5.56 Å². The summed E-state index contributed by atoms with van der Waals surface area (Å²) in [5, 5.41) is 3.88. The predicted octanol–water partition coefficient (Wildman–Crippen LogP) is 1.31. The summed E-state index contributed by atoms with van der Waals surface area (Å²) in [7, 11) is 1.36. The van der Waals surface area contributed by atoms with Crippen molar-refractivity contribution in [1.29, 1.82) is 0 Å². The Hall–Kier alpha value is -0.870. The fourth-order valence-corrected chi connectivity index (χ4v) is 1.59. The SMILES string of the molecule is COC(=O)C[C@H](N)c1ccsc1. The summed E-state index contributed by atoms with van der Waals surface area (Å²) in [6.45, 7) is 0. The zero-order chi connectivity index (χ0) is 8.97. The highest BCUT2D eigenvalue weighted by molar-refractivity contribution is 7.07.